The average molecular weight is 441 g/mol. The minimum Gasteiger partial charge on any atom is -0.349 e. The number of carbonyl (C=O) groups is 2. The van der Waals surface area contributed by atoms with E-state index in [1.54, 1.807) is 30.1 Å². The maximum Gasteiger partial charge on any atom is 0.223 e. The van der Waals surface area contributed by atoms with Crippen molar-refractivity contribution in [2.45, 2.75) is 13.8 Å². The molecule has 166 valence electrons. The highest BCUT2D eigenvalue weighted by molar-refractivity contribution is 6.02. The summed E-state index contributed by atoms with van der Waals surface area (Å²) in [5.41, 5.74) is 4.43. The van der Waals surface area contributed by atoms with Gasteiger partial charge in [0.2, 0.25) is 11.8 Å². The molecule has 2 aromatic heterocycles. The van der Waals surface area contributed by atoms with Gasteiger partial charge in [-0.3, -0.25) is 9.59 Å². The Bertz CT molecular complexity index is 1460. The molecule has 8 heteroatoms. The second kappa shape index (κ2) is 9.29. The van der Waals surface area contributed by atoms with Crippen LogP contribution in [-0.2, 0) is 23.7 Å². The minimum atomic E-state index is -0.141. The quantitative estimate of drug-likeness (QED) is 0.507. The van der Waals surface area contributed by atoms with Gasteiger partial charge in [0.15, 0.2) is 0 Å². The van der Waals surface area contributed by atoms with Crippen LogP contribution < -0.4 is 10.2 Å². The van der Waals surface area contributed by atoms with Crippen LogP contribution in [0, 0.1) is 22.7 Å². The van der Waals surface area contributed by atoms with Crippen LogP contribution in [0.4, 0.5) is 11.4 Å². The number of aryl methyl sites for hydroxylation is 2. The fourth-order valence-electron chi connectivity index (χ4n) is 3.70. The summed E-state index contributed by atoms with van der Waals surface area (Å²) in [6, 6.07) is 15.1. The van der Waals surface area contributed by atoms with E-state index in [2.05, 4.69) is 17.5 Å². The number of nitrogens with zero attached hydrogens (tertiary/aromatic N) is 5. The molecule has 0 aliphatic rings. The topological polar surface area (TPSA) is 107 Å². The zero-order valence-electron chi connectivity index (χ0n) is 19.2. The monoisotopic (exact) mass is 440 g/mol. The van der Waals surface area contributed by atoms with E-state index in [0.717, 1.165) is 27.5 Å². The SMILES string of the molecule is CC(=O)N(C)c1cc(C#N)cc2ccn(C)c12.CC(=O)Nc1cc(C#N)cc2ccn(C)c12. The molecule has 2 amide bonds. The molecule has 0 bridgehead atoms. The molecule has 0 aliphatic carbocycles. The molecule has 33 heavy (non-hydrogen) atoms. The third kappa shape index (κ3) is 4.70. The van der Waals surface area contributed by atoms with E-state index in [1.807, 2.05) is 53.8 Å². The predicted octanol–water partition coefficient (Wildman–Crippen LogP) is 4.04. The Kier molecular flexibility index (Phi) is 6.51. The van der Waals surface area contributed by atoms with Gasteiger partial charge in [0.1, 0.15) is 0 Å². The van der Waals surface area contributed by atoms with Gasteiger partial charge in [-0.1, -0.05) is 0 Å². The van der Waals surface area contributed by atoms with Crippen molar-refractivity contribution in [3.63, 3.8) is 0 Å². The molecule has 0 atom stereocenters. The zero-order valence-corrected chi connectivity index (χ0v) is 19.2. The molecule has 0 saturated heterocycles. The molecule has 1 N–H and O–H groups in total. The van der Waals surface area contributed by atoms with Crippen molar-refractivity contribution in [1.82, 2.24) is 9.13 Å². The first-order valence-corrected chi connectivity index (χ1v) is 10.2. The van der Waals surface area contributed by atoms with Crippen molar-refractivity contribution >= 4 is 45.0 Å². The summed E-state index contributed by atoms with van der Waals surface area (Å²) < 4.78 is 3.87. The molecular formula is C25H24N6O2. The van der Waals surface area contributed by atoms with Crippen LogP contribution in [0.5, 0.6) is 0 Å². The lowest BCUT2D eigenvalue weighted by Gasteiger charge is -2.17. The summed E-state index contributed by atoms with van der Waals surface area (Å²) in [7, 11) is 5.54. The van der Waals surface area contributed by atoms with E-state index < -0.39 is 0 Å². The molecule has 4 rings (SSSR count). The van der Waals surface area contributed by atoms with Gasteiger partial charge >= 0.3 is 0 Å². The number of nitrogens with one attached hydrogen (secondary N) is 1. The molecule has 2 heterocycles. The fourth-order valence-corrected chi connectivity index (χ4v) is 3.70. The first-order valence-electron chi connectivity index (χ1n) is 10.2. The Hall–Kier alpha value is -4.56. The predicted molar refractivity (Wildman–Crippen MR) is 129 cm³/mol. The maximum absolute atomic E-state index is 11.5. The van der Waals surface area contributed by atoms with Crippen LogP contribution in [0.15, 0.2) is 48.8 Å². The van der Waals surface area contributed by atoms with Gasteiger partial charge in [0.25, 0.3) is 0 Å². The Morgan fingerprint density at radius 3 is 1.91 bits per heavy atom. The number of anilines is 2. The Morgan fingerprint density at radius 1 is 0.879 bits per heavy atom. The number of rotatable bonds is 2. The molecular weight excluding hydrogens is 416 g/mol. The largest absolute Gasteiger partial charge is 0.349 e. The Morgan fingerprint density at radius 2 is 1.39 bits per heavy atom. The second-order valence-corrected chi connectivity index (χ2v) is 7.73. The third-order valence-corrected chi connectivity index (χ3v) is 5.32. The number of amides is 2. The number of aromatic nitrogens is 2. The molecule has 0 spiro atoms. The number of nitriles is 2. The molecule has 0 radical (unpaired) electrons. The first kappa shape index (κ1) is 23.1. The highest BCUT2D eigenvalue weighted by Gasteiger charge is 2.14. The molecule has 0 unspecified atom stereocenters. The van der Waals surface area contributed by atoms with Crippen molar-refractivity contribution in [3.8, 4) is 12.1 Å². The van der Waals surface area contributed by atoms with Crippen molar-refractivity contribution in [2.24, 2.45) is 14.1 Å². The summed E-state index contributed by atoms with van der Waals surface area (Å²) in [5.74, 6) is -0.194. The summed E-state index contributed by atoms with van der Waals surface area (Å²) in [6.45, 7) is 2.96. The van der Waals surface area contributed by atoms with Crippen molar-refractivity contribution < 1.29 is 9.59 Å². The van der Waals surface area contributed by atoms with Gasteiger partial charge in [-0.05, 0) is 36.4 Å². The molecule has 0 aliphatic heterocycles. The van der Waals surface area contributed by atoms with E-state index in [0.29, 0.717) is 16.8 Å². The molecule has 0 fully saturated rings. The van der Waals surface area contributed by atoms with Crippen molar-refractivity contribution in [2.75, 3.05) is 17.3 Å². The number of fused-ring (bicyclic) bond motifs is 2. The number of hydrogen-bond acceptors (Lipinski definition) is 4. The van der Waals surface area contributed by atoms with Gasteiger partial charge in [0, 0.05) is 58.2 Å². The smallest absolute Gasteiger partial charge is 0.223 e. The van der Waals surface area contributed by atoms with Gasteiger partial charge < -0.3 is 19.4 Å². The van der Waals surface area contributed by atoms with Crippen LogP contribution in [0.2, 0.25) is 0 Å². The highest BCUT2D eigenvalue weighted by atomic mass is 16.2. The lowest BCUT2D eigenvalue weighted by atomic mass is 10.1. The van der Waals surface area contributed by atoms with Crippen molar-refractivity contribution in [1.29, 1.82) is 10.5 Å². The first-order chi connectivity index (χ1) is 15.7. The molecule has 2 aromatic carbocycles. The molecule has 8 nitrogen and oxygen atoms in total. The number of hydrogen-bond donors (Lipinski definition) is 1. The number of carbonyl (C=O) groups excluding carboxylic acids is 2. The van der Waals surface area contributed by atoms with E-state index >= 15 is 0 Å². The van der Waals surface area contributed by atoms with Crippen LogP contribution in [0.3, 0.4) is 0 Å². The minimum absolute atomic E-state index is 0.0532. The second-order valence-electron chi connectivity index (χ2n) is 7.73. The summed E-state index contributed by atoms with van der Waals surface area (Å²) in [6.07, 6.45) is 3.82. The van der Waals surface area contributed by atoms with Crippen LogP contribution >= 0.6 is 0 Å². The zero-order chi connectivity index (χ0) is 24.3. The third-order valence-electron chi connectivity index (χ3n) is 5.32. The Labute approximate surface area is 191 Å². The fraction of sp³-hybridized carbons (Fsp3) is 0.200. The highest BCUT2D eigenvalue weighted by Crippen LogP contribution is 2.29. The van der Waals surface area contributed by atoms with E-state index in [9.17, 15) is 9.59 Å². The summed E-state index contributed by atoms with van der Waals surface area (Å²) in [4.78, 5) is 24.1. The van der Waals surface area contributed by atoms with Crippen LogP contribution in [-0.4, -0.2) is 28.0 Å². The Balaban J connectivity index is 0.000000186. The number of benzene rings is 2. The molecule has 4 aromatic rings. The summed E-state index contributed by atoms with van der Waals surface area (Å²) >= 11 is 0. The van der Waals surface area contributed by atoms with Gasteiger partial charge in [-0.15, -0.1) is 0 Å². The van der Waals surface area contributed by atoms with Crippen LogP contribution in [0.1, 0.15) is 25.0 Å². The van der Waals surface area contributed by atoms with Crippen LogP contribution in [0.25, 0.3) is 21.8 Å². The standard InChI is InChI=1S/C13H13N3O.C12H11N3O/c1-9(17)16(3)12-7-10(8-14)6-11-4-5-15(2)13(11)12;1-8(16)14-11-6-9(7-13)5-10-3-4-15(2)12(10)11/h4-7H,1-3H3;3-6H,1-2H3,(H,14,16). The van der Waals surface area contributed by atoms with Crippen molar-refractivity contribution in [3.05, 3.63) is 59.9 Å². The maximum atomic E-state index is 11.5. The van der Waals surface area contributed by atoms with E-state index in [4.69, 9.17) is 10.5 Å². The van der Waals surface area contributed by atoms with E-state index in [1.165, 1.54) is 13.8 Å². The lowest BCUT2D eigenvalue weighted by Crippen LogP contribution is -2.23. The average Bonchev–Trinajstić information content (AvgIpc) is 3.35. The van der Waals surface area contributed by atoms with E-state index in [-0.39, 0.29) is 11.8 Å². The lowest BCUT2D eigenvalue weighted by molar-refractivity contribution is -0.116. The van der Waals surface area contributed by atoms with Gasteiger partial charge in [0.05, 0.1) is 45.7 Å². The van der Waals surface area contributed by atoms with Gasteiger partial charge in [-0.25, -0.2) is 0 Å². The van der Waals surface area contributed by atoms with Gasteiger partial charge in [-0.2, -0.15) is 10.5 Å². The molecule has 0 saturated carbocycles. The summed E-state index contributed by atoms with van der Waals surface area (Å²) in [5, 5.41) is 22.5. The normalized spacial score (nSPS) is 10.2.